The van der Waals surface area contributed by atoms with E-state index < -0.39 is 27.0 Å². The van der Waals surface area contributed by atoms with Crippen molar-refractivity contribution in [2.75, 3.05) is 44.3 Å². The Hall–Kier alpha value is -3.18. The molecule has 3 heterocycles. The highest BCUT2D eigenvalue weighted by molar-refractivity contribution is 7.92. The summed E-state index contributed by atoms with van der Waals surface area (Å²) in [6.07, 6.45) is 3.50. The van der Waals surface area contributed by atoms with Crippen LogP contribution >= 0.6 is 11.6 Å². The lowest BCUT2D eigenvalue weighted by atomic mass is 10.2. The maximum Gasteiger partial charge on any atom is 0.355 e. The number of hydrogen-bond donors (Lipinski definition) is 0. The number of nitrogens with zero attached hydrogens (tertiary/aromatic N) is 6. The highest BCUT2D eigenvalue weighted by Crippen LogP contribution is 2.37. The van der Waals surface area contributed by atoms with Crippen molar-refractivity contribution in [2.45, 2.75) is 55.0 Å². The molecule has 1 aromatic heterocycles. The number of anilines is 1. The quantitative estimate of drug-likeness (QED) is 0.175. The second kappa shape index (κ2) is 11.4. The molecule has 40 heavy (non-hydrogen) atoms. The summed E-state index contributed by atoms with van der Waals surface area (Å²) in [5.74, 6) is 0.145. The van der Waals surface area contributed by atoms with E-state index in [1.807, 2.05) is 19.2 Å². The first-order valence-electron chi connectivity index (χ1n) is 13.3. The number of quaternary nitrogens is 1. The Balaban J connectivity index is 1.47. The number of rotatable bonds is 10. The number of halogens is 1. The molecule has 0 spiro atoms. The van der Waals surface area contributed by atoms with Crippen LogP contribution in [0.15, 0.2) is 35.2 Å². The summed E-state index contributed by atoms with van der Waals surface area (Å²) in [5, 5.41) is 13.6. The Bertz CT molecular complexity index is 1410. The number of sulfone groups is 1. The maximum absolute atomic E-state index is 13.7. The van der Waals surface area contributed by atoms with Gasteiger partial charge in [-0.3, -0.25) is 9.63 Å². The lowest BCUT2D eigenvalue weighted by Gasteiger charge is -2.36. The third-order valence-corrected chi connectivity index (χ3v) is 10.5. The van der Waals surface area contributed by atoms with Gasteiger partial charge in [0.15, 0.2) is 16.0 Å². The Morgan fingerprint density at radius 3 is 2.70 bits per heavy atom. The van der Waals surface area contributed by atoms with Crippen LogP contribution < -0.4 is 4.90 Å². The van der Waals surface area contributed by atoms with Crippen LogP contribution in [-0.4, -0.2) is 96.9 Å². The molecular formula is C26H32ClN6O6S+. The number of hydrogen-bond acceptors (Lipinski definition) is 9. The Morgan fingerprint density at radius 2 is 2.05 bits per heavy atom. The minimum absolute atomic E-state index is 0.00705. The lowest BCUT2D eigenvalue weighted by Crippen LogP contribution is -2.56. The molecule has 2 aromatic rings. The maximum atomic E-state index is 13.7. The summed E-state index contributed by atoms with van der Waals surface area (Å²) in [6.45, 7) is 4.94. The van der Waals surface area contributed by atoms with Gasteiger partial charge < -0.3 is 9.64 Å². The highest BCUT2D eigenvalue weighted by Gasteiger charge is 2.48. The van der Waals surface area contributed by atoms with Crippen molar-refractivity contribution in [1.29, 1.82) is 5.26 Å². The largest absolute Gasteiger partial charge is 0.369 e. The third-order valence-electron chi connectivity index (χ3n) is 7.83. The van der Waals surface area contributed by atoms with Crippen molar-refractivity contribution >= 4 is 39.6 Å². The standard InChI is InChI=1S/C26H32ClN6O6S/c1-19-14-25(32(29-19)8-9-33(39-18-34)10-12-38-13-11-33)30-16-21(40(36,37)24-5-3-2-4-22(24)27)15-23(30)26(35)31(17-28)20-6-7-20/h2-5,14,18,20-21,23H,6-13,15-16H2,1H3/q+1/t21-,23+/m1/s1. The van der Waals surface area contributed by atoms with E-state index in [1.165, 1.54) is 17.0 Å². The summed E-state index contributed by atoms with van der Waals surface area (Å²) in [6, 6.07) is 7.04. The summed E-state index contributed by atoms with van der Waals surface area (Å²) >= 11 is 6.27. The molecule has 3 aliphatic rings. The van der Waals surface area contributed by atoms with Gasteiger partial charge in [-0.05, 0) is 38.3 Å². The fraction of sp³-hybridized carbons (Fsp3) is 0.538. The van der Waals surface area contributed by atoms with Crippen LogP contribution in [0.2, 0.25) is 5.02 Å². The van der Waals surface area contributed by atoms with Crippen molar-refractivity contribution in [3.8, 4) is 6.19 Å². The molecule has 2 atom stereocenters. The molecule has 14 heteroatoms. The molecule has 5 rings (SSSR count). The molecule has 3 fully saturated rings. The Labute approximate surface area is 238 Å². The highest BCUT2D eigenvalue weighted by atomic mass is 35.5. The molecule has 214 valence electrons. The first kappa shape index (κ1) is 28.4. The molecule has 2 saturated heterocycles. The number of nitriles is 1. The van der Waals surface area contributed by atoms with Crippen molar-refractivity contribution < 1.29 is 32.2 Å². The first-order valence-corrected chi connectivity index (χ1v) is 15.2. The van der Waals surface area contributed by atoms with Gasteiger partial charge >= 0.3 is 6.47 Å². The van der Waals surface area contributed by atoms with Crippen molar-refractivity contribution in [1.82, 2.24) is 14.7 Å². The van der Waals surface area contributed by atoms with E-state index in [4.69, 9.17) is 21.2 Å². The average Bonchev–Trinajstić information content (AvgIpc) is 3.54. The van der Waals surface area contributed by atoms with Gasteiger partial charge in [0.2, 0.25) is 0 Å². The van der Waals surface area contributed by atoms with E-state index in [-0.39, 0.29) is 33.6 Å². The van der Waals surface area contributed by atoms with E-state index in [1.54, 1.807) is 21.7 Å². The molecule has 1 aromatic carbocycles. The van der Waals surface area contributed by atoms with Crippen LogP contribution in [0.5, 0.6) is 0 Å². The van der Waals surface area contributed by atoms with E-state index in [9.17, 15) is 23.3 Å². The molecule has 1 aliphatic carbocycles. The van der Waals surface area contributed by atoms with Crippen molar-refractivity contribution in [3.63, 3.8) is 0 Å². The number of benzene rings is 1. The number of ether oxygens (including phenoxy) is 1. The molecule has 0 bridgehead atoms. The average molecular weight is 592 g/mol. The molecule has 0 unspecified atom stereocenters. The van der Waals surface area contributed by atoms with Crippen LogP contribution in [0, 0.1) is 18.4 Å². The summed E-state index contributed by atoms with van der Waals surface area (Å²) < 4.78 is 34.7. The zero-order chi connectivity index (χ0) is 28.5. The van der Waals surface area contributed by atoms with Crippen LogP contribution in [0.1, 0.15) is 25.0 Å². The minimum atomic E-state index is -3.90. The smallest absolute Gasteiger partial charge is 0.355 e. The van der Waals surface area contributed by atoms with Crippen molar-refractivity contribution in [3.05, 3.63) is 41.0 Å². The molecule has 2 aliphatic heterocycles. The van der Waals surface area contributed by atoms with Gasteiger partial charge in [-0.2, -0.15) is 10.4 Å². The Kier molecular flexibility index (Phi) is 8.05. The SMILES string of the molecule is Cc1cc(N2C[C@H](S(=O)(=O)c3ccccc3Cl)C[C@H]2C(=O)N(C#N)C2CC2)n(CC[N+]2(OC=O)CCOCC2)n1. The zero-order valence-electron chi connectivity index (χ0n) is 22.2. The fourth-order valence-corrected chi connectivity index (χ4v) is 7.74. The predicted octanol–water partition coefficient (Wildman–Crippen LogP) is 1.67. The summed E-state index contributed by atoms with van der Waals surface area (Å²) in [7, 11) is -3.90. The van der Waals surface area contributed by atoms with Crippen LogP contribution in [0.4, 0.5) is 5.82 Å². The van der Waals surface area contributed by atoms with E-state index in [0.717, 1.165) is 12.8 Å². The van der Waals surface area contributed by atoms with Crippen molar-refractivity contribution in [2.24, 2.45) is 0 Å². The molecule has 0 radical (unpaired) electrons. The normalized spacial score (nSPS) is 22.5. The van der Waals surface area contributed by atoms with Gasteiger partial charge in [0.05, 0.1) is 40.6 Å². The Morgan fingerprint density at radius 1 is 1.32 bits per heavy atom. The van der Waals surface area contributed by atoms with Gasteiger partial charge in [0, 0.05) is 18.7 Å². The first-order chi connectivity index (χ1) is 19.2. The molecule has 1 amide bonds. The fourth-order valence-electron chi connectivity index (χ4n) is 5.52. The number of carbonyl (C=O) groups is 2. The number of morpholine rings is 1. The molecule has 12 nitrogen and oxygen atoms in total. The second-order valence-electron chi connectivity index (χ2n) is 10.5. The van der Waals surface area contributed by atoms with Gasteiger partial charge in [-0.25, -0.2) is 22.8 Å². The number of carbonyl (C=O) groups excluding carboxylic acids is 2. The monoisotopic (exact) mass is 591 g/mol. The number of aromatic nitrogens is 2. The molecule has 0 N–H and O–H groups in total. The number of hydroxylamine groups is 3. The van der Waals surface area contributed by atoms with Crippen LogP contribution in [0.3, 0.4) is 0 Å². The van der Waals surface area contributed by atoms with Gasteiger partial charge in [-0.1, -0.05) is 23.7 Å². The van der Waals surface area contributed by atoms with Crippen LogP contribution in [0.25, 0.3) is 0 Å². The molecular weight excluding hydrogens is 560 g/mol. The van der Waals surface area contributed by atoms with E-state index in [2.05, 4.69) is 5.10 Å². The van der Waals surface area contributed by atoms with Crippen LogP contribution in [-0.2, 0) is 35.5 Å². The van der Waals surface area contributed by atoms with Gasteiger partial charge in [0.1, 0.15) is 31.5 Å². The third kappa shape index (κ3) is 5.54. The lowest BCUT2D eigenvalue weighted by molar-refractivity contribution is -1.09. The van der Waals surface area contributed by atoms with Gasteiger partial charge in [0.25, 0.3) is 5.91 Å². The summed E-state index contributed by atoms with van der Waals surface area (Å²) in [4.78, 5) is 33.4. The second-order valence-corrected chi connectivity index (χ2v) is 13.1. The number of aryl methyl sites for hydroxylation is 1. The van der Waals surface area contributed by atoms with E-state index in [0.29, 0.717) is 57.4 Å². The van der Waals surface area contributed by atoms with Gasteiger partial charge in [-0.15, -0.1) is 4.65 Å². The zero-order valence-corrected chi connectivity index (χ0v) is 23.8. The topological polar surface area (TPSA) is 135 Å². The number of amides is 1. The minimum Gasteiger partial charge on any atom is -0.369 e. The predicted molar refractivity (Wildman–Crippen MR) is 143 cm³/mol. The van der Waals surface area contributed by atoms with E-state index >= 15 is 0 Å². The summed E-state index contributed by atoms with van der Waals surface area (Å²) in [5.41, 5.74) is 0.683. The molecule has 1 saturated carbocycles.